The first-order valence-corrected chi connectivity index (χ1v) is 12.1. The summed E-state index contributed by atoms with van der Waals surface area (Å²) in [5, 5.41) is 3.04. The molecular formula is C24H29F2N5OS. The maximum Gasteiger partial charge on any atom is 0.291 e. The van der Waals surface area contributed by atoms with Crippen LogP contribution in [0.2, 0.25) is 0 Å². The first-order valence-electron chi connectivity index (χ1n) is 11.2. The van der Waals surface area contributed by atoms with Crippen molar-refractivity contribution in [2.24, 2.45) is 0 Å². The van der Waals surface area contributed by atoms with E-state index in [1.807, 2.05) is 12.1 Å². The Labute approximate surface area is 197 Å². The molecule has 0 radical (unpaired) electrons. The predicted molar refractivity (Wildman–Crippen MR) is 127 cm³/mol. The van der Waals surface area contributed by atoms with Crippen LogP contribution >= 0.6 is 11.8 Å². The van der Waals surface area contributed by atoms with Crippen LogP contribution in [0, 0.1) is 0 Å². The number of nitrogens with one attached hydrogen (secondary N) is 1. The number of likely N-dealkylation sites (N-methyl/N-ethyl adjacent to an activating group) is 1. The first kappa shape index (κ1) is 23.7. The fraction of sp³-hybridized carbons (Fsp3) is 0.417. The molecule has 0 atom stereocenters. The number of benzene rings is 2. The molecular weight excluding hydrogens is 444 g/mol. The van der Waals surface area contributed by atoms with E-state index >= 15 is 0 Å². The van der Waals surface area contributed by atoms with Gasteiger partial charge in [0.1, 0.15) is 6.54 Å². The van der Waals surface area contributed by atoms with Gasteiger partial charge >= 0.3 is 0 Å². The molecule has 176 valence electrons. The van der Waals surface area contributed by atoms with E-state index in [2.05, 4.69) is 39.2 Å². The number of alkyl halides is 2. The highest BCUT2D eigenvalue weighted by molar-refractivity contribution is 7.99. The van der Waals surface area contributed by atoms with Gasteiger partial charge in [-0.2, -0.15) is 8.78 Å². The quantitative estimate of drug-likeness (QED) is 0.479. The number of thioether (sulfide) groups is 1. The van der Waals surface area contributed by atoms with E-state index < -0.39 is 5.76 Å². The number of piperazine rings is 1. The minimum Gasteiger partial charge on any atom is -0.350 e. The molecule has 9 heteroatoms. The van der Waals surface area contributed by atoms with Gasteiger partial charge in [0.2, 0.25) is 5.91 Å². The van der Waals surface area contributed by atoms with Crippen molar-refractivity contribution in [3.05, 3.63) is 59.7 Å². The van der Waals surface area contributed by atoms with Gasteiger partial charge in [-0.25, -0.2) is 4.98 Å². The van der Waals surface area contributed by atoms with Crippen molar-refractivity contribution in [3.63, 3.8) is 0 Å². The van der Waals surface area contributed by atoms with Crippen molar-refractivity contribution in [1.29, 1.82) is 0 Å². The number of hydrogen-bond acceptors (Lipinski definition) is 5. The number of fused-ring (bicyclic) bond motifs is 1. The van der Waals surface area contributed by atoms with Gasteiger partial charge in [-0.3, -0.25) is 9.69 Å². The number of aromatic nitrogens is 2. The van der Waals surface area contributed by atoms with Crippen LogP contribution < -0.4 is 5.32 Å². The van der Waals surface area contributed by atoms with Gasteiger partial charge in [0, 0.05) is 39.3 Å². The van der Waals surface area contributed by atoms with E-state index in [-0.39, 0.29) is 17.6 Å². The van der Waals surface area contributed by atoms with Gasteiger partial charge in [-0.15, -0.1) is 0 Å². The topological polar surface area (TPSA) is 53.4 Å². The van der Waals surface area contributed by atoms with Crippen LogP contribution in [-0.2, 0) is 24.4 Å². The summed E-state index contributed by atoms with van der Waals surface area (Å²) in [5.74, 6) is -2.84. The maximum atomic E-state index is 13.0. The van der Waals surface area contributed by atoms with Crippen LogP contribution in [0.4, 0.5) is 8.78 Å². The fourth-order valence-corrected chi connectivity index (χ4v) is 4.66. The lowest BCUT2D eigenvalue weighted by Crippen LogP contribution is -2.45. The lowest BCUT2D eigenvalue weighted by Gasteiger charge is -2.34. The van der Waals surface area contributed by atoms with E-state index in [1.54, 1.807) is 28.8 Å². The standard InChI is InChI=1S/C24H29F2N5OS/c1-2-29-11-13-30(14-12-29)16-19-9-7-18(8-10-19)15-27-22(32)17-31-21-6-4-3-5-20(21)28-24(31)33-23(25)26/h3-10,23H,2,11-17H2,1H3,(H,27,32). The number of nitrogens with zero attached hydrogens (tertiary/aromatic N) is 4. The van der Waals surface area contributed by atoms with E-state index in [4.69, 9.17) is 0 Å². The van der Waals surface area contributed by atoms with Gasteiger partial charge in [0.15, 0.2) is 5.16 Å². The van der Waals surface area contributed by atoms with Crippen LogP contribution in [0.5, 0.6) is 0 Å². The number of carbonyl (C=O) groups excluding carboxylic acids is 1. The molecule has 1 aromatic heterocycles. The summed E-state index contributed by atoms with van der Waals surface area (Å²) in [5.41, 5.74) is 3.52. The molecule has 0 spiro atoms. The zero-order valence-corrected chi connectivity index (χ0v) is 19.5. The summed E-state index contributed by atoms with van der Waals surface area (Å²) in [6.07, 6.45) is 0. The Morgan fingerprint density at radius 3 is 2.39 bits per heavy atom. The van der Waals surface area contributed by atoms with Gasteiger partial charge < -0.3 is 14.8 Å². The molecule has 1 aliphatic rings. The molecule has 1 saturated heterocycles. The number of hydrogen-bond donors (Lipinski definition) is 1. The molecule has 33 heavy (non-hydrogen) atoms. The van der Waals surface area contributed by atoms with Crippen LogP contribution in [0.15, 0.2) is 53.7 Å². The van der Waals surface area contributed by atoms with Gasteiger partial charge in [-0.1, -0.05) is 43.3 Å². The number of halogens is 2. The largest absolute Gasteiger partial charge is 0.350 e. The van der Waals surface area contributed by atoms with Crippen LogP contribution in [0.3, 0.4) is 0 Å². The Morgan fingerprint density at radius 2 is 1.70 bits per heavy atom. The molecule has 4 rings (SSSR count). The van der Waals surface area contributed by atoms with Crippen molar-refractivity contribution in [2.45, 2.75) is 37.5 Å². The highest BCUT2D eigenvalue weighted by Crippen LogP contribution is 2.28. The summed E-state index contributed by atoms with van der Waals surface area (Å²) < 4.78 is 27.5. The molecule has 0 aliphatic carbocycles. The zero-order valence-electron chi connectivity index (χ0n) is 18.7. The van der Waals surface area contributed by atoms with Crippen molar-refractivity contribution >= 4 is 28.7 Å². The Kier molecular flexibility index (Phi) is 7.95. The number of carbonyl (C=O) groups is 1. The molecule has 0 saturated carbocycles. The molecule has 0 unspecified atom stereocenters. The summed E-state index contributed by atoms with van der Waals surface area (Å²) in [6.45, 7) is 8.97. The molecule has 2 heterocycles. The molecule has 1 N–H and O–H groups in total. The third-order valence-electron chi connectivity index (χ3n) is 5.95. The van der Waals surface area contributed by atoms with E-state index in [9.17, 15) is 13.6 Å². The molecule has 1 aliphatic heterocycles. The highest BCUT2D eigenvalue weighted by Gasteiger charge is 2.18. The molecule has 2 aromatic carbocycles. The van der Waals surface area contributed by atoms with E-state index in [0.717, 1.165) is 44.8 Å². The average molecular weight is 474 g/mol. The SMILES string of the molecule is CCN1CCN(Cc2ccc(CNC(=O)Cn3c(SC(F)F)nc4ccccc43)cc2)CC1. The van der Waals surface area contributed by atoms with Gasteiger partial charge in [0.05, 0.1) is 11.0 Å². The summed E-state index contributed by atoms with van der Waals surface area (Å²) in [4.78, 5) is 21.8. The second-order valence-corrected chi connectivity index (χ2v) is 9.11. The number of para-hydroxylation sites is 2. The minimum absolute atomic E-state index is 0.0581. The Bertz CT molecular complexity index is 1060. The summed E-state index contributed by atoms with van der Waals surface area (Å²) in [6, 6.07) is 15.4. The minimum atomic E-state index is -2.60. The van der Waals surface area contributed by atoms with Crippen molar-refractivity contribution in [2.75, 3.05) is 32.7 Å². The van der Waals surface area contributed by atoms with Crippen molar-refractivity contribution in [3.8, 4) is 0 Å². The highest BCUT2D eigenvalue weighted by atomic mass is 32.2. The van der Waals surface area contributed by atoms with Crippen LogP contribution in [0.25, 0.3) is 11.0 Å². The summed E-state index contributed by atoms with van der Waals surface area (Å²) in [7, 11) is 0. The Hall–Kier alpha value is -2.49. The summed E-state index contributed by atoms with van der Waals surface area (Å²) >= 11 is 0.356. The number of rotatable bonds is 9. The lowest BCUT2D eigenvalue weighted by atomic mass is 10.1. The lowest BCUT2D eigenvalue weighted by molar-refractivity contribution is -0.121. The maximum absolute atomic E-state index is 13.0. The van der Waals surface area contributed by atoms with Gasteiger partial charge in [-0.05, 0) is 41.6 Å². The van der Waals surface area contributed by atoms with Crippen molar-refractivity contribution in [1.82, 2.24) is 24.7 Å². The number of imidazole rings is 1. The third kappa shape index (κ3) is 6.31. The van der Waals surface area contributed by atoms with Crippen molar-refractivity contribution < 1.29 is 13.6 Å². The van der Waals surface area contributed by atoms with E-state index in [1.165, 1.54) is 5.56 Å². The zero-order chi connectivity index (χ0) is 23.2. The fourth-order valence-electron chi connectivity index (χ4n) is 4.06. The smallest absolute Gasteiger partial charge is 0.291 e. The van der Waals surface area contributed by atoms with E-state index in [0.29, 0.717) is 29.3 Å². The number of amides is 1. The molecule has 3 aromatic rings. The average Bonchev–Trinajstić information content (AvgIpc) is 3.15. The third-order valence-corrected chi connectivity index (χ3v) is 6.65. The molecule has 6 nitrogen and oxygen atoms in total. The molecule has 1 fully saturated rings. The van der Waals surface area contributed by atoms with Gasteiger partial charge in [0.25, 0.3) is 5.76 Å². The predicted octanol–water partition coefficient (Wildman–Crippen LogP) is 3.80. The second kappa shape index (κ2) is 11.1. The normalized spacial score (nSPS) is 15.4. The van der Waals surface area contributed by atoms with Crippen LogP contribution in [-0.4, -0.2) is 63.7 Å². The second-order valence-electron chi connectivity index (χ2n) is 8.15. The monoisotopic (exact) mass is 473 g/mol. The molecule has 1 amide bonds. The molecule has 0 bridgehead atoms. The Balaban J connectivity index is 1.31. The van der Waals surface area contributed by atoms with Crippen LogP contribution in [0.1, 0.15) is 18.1 Å². The first-order chi connectivity index (χ1) is 16.0. The Morgan fingerprint density at radius 1 is 1.03 bits per heavy atom.